The lowest BCUT2D eigenvalue weighted by molar-refractivity contribution is 0.0978. The third-order valence-electron chi connectivity index (χ3n) is 5.23. The summed E-state index contributed by atoms with van der Waals surface area (Å²) in [5, 5.41) is 3.42. The third kappa shape index (κ3) is 2.76. The summed E-state index contributed by atoms with van der Waals surface area (Å²) in [5.74, 6) is 1.05. The molecule has 1 saturated heterocycles. The summed E-state index contributed by atoms with van der Waals surface area (Å²) < 4.78 is 5.54. The second-order valence-electron chi connectivity index (χ2n) is 6.83. The van der Waals surface area contributed by atoms with Crippen LogP contribution in [0.15, 0.2) is 36.4 Å². The number of rotatable bonds is 3. The summed E-state index contributed by atoms with van der Waals surface area (Å²) >= 11 is 0. The lowest BCUT2D eigenvalue weighted by atomic mass is 9.82. The molecular formula is C21H21NO3. The lowest BCUT2D eigenvalue weighted by Gasteiger charge is -2.25. The van der Waals surface area contributed by atoms with Crippen molar-refractivity contribution >= 4 is 11.6 Å². The minimum atomic E-state index is -0.102. The van der Waals surface area contributed by atoms with E-state index in [2.05, 4.69) is 5.32 Å². The highest BCUT2D eigenvalue weighted by Crippen LogP contribution is 2.33. The van der Waals surface area contributed by atoms with Gasteiger partial charge in [-0.25, -0.2) is 0 Å². The van der Waals surface area contributed by atoms with Gasteiger partial charge in [0.25, 0.3) is 0 Å². The molecule has 1 N–H and O–H groups in total. The van der Waals surface area contributed by atoms with Crippen molar-refractivity contribution in [2.45, 2.75) is 19.3 Å². The van der Waals surface area contributed by atoms with Gasteiger partial charge in [-0.1, -0.05) is 24.3 Å². The van der Waals surface area contributed by atoms with Gasteiger partial charge in [0.1, 0.15) is 5.75 Å². The van der Waals surface area contributed by atoms with E-state index in [1.54, 1.807) is 37.4 Å². The van der Waals surface area contributed by atoms with E-state index in [1.807, 2.05) is 6.07 Å². The standard InChI is InChI=1S/C21H21NO3/c1-25-19-11-18-17(10-14(19)9-13-5-4-8-22-12-13)20(23)15-6-2-3-7-16(15)21(18)24/h2-3,6-7,10-11,13,22H,4-5,8-9,12H2,1H3. The first-order valence-corrected chi connectivity index (χ1v) is 8.79. The van der Waals surface area contributed by atoms with Crippen molar-refractivity contribution in [1.29, 1.82) is 0 Å². The van der Waals surface area contributed by atoms with Gasteiger partial charge >= 0.3 is 0 Å². The van der Waals surface area contributed by atoms with Gasteiger partial charge in [-0.3, -0.25) is 9.59 Å². The molecule has 4 nitrogen and oxygen atoms in total. The zero-order valence-electron chi connectivity index (χ0n) is 14.3. The molecular weight excluding hydrogens is 314 g/mol. The maximum atomic E-state index is 12.9. The molecule has 0 aromatic heterocycles. The Morgan fingerprint density at radius 2 is 1.72 bits per heavy atom. The molecule has 1 unspecified atom stereocenters. The zero-order valence-corrected chi connectivity index (χ0v) is 14.3. The minimum absolute atomic E-state index is 0.0733. The molecule has 0 amide bonds. The van der Waals surface area contributed by atoms with E-state index in [9.17, 15) is 9.59 Å². The van der Waals surface area contributed by atoms with Crippen LogP contribution in [0.3, 0.4) is 0 Å². The average molecular weight is 335 g/mol. The topological polar surface area (TPSA) is 55.4 Å². The predicted molar refractivity (Wildman–Crippen MR) is 95.6 cm³/mol. The Balaban J connectivity index is 1.76. The second-order valence-corrected chi connectivity index (χ2v) is 6.83. The summed E-state index contributed by atoms with van der Waals surface area (Å²) in [4.78, 5) is 25.7. The number of nitrogens with one attached hydrogen (secondary N) is 1. The van der Waals surface area contributed by atoms with Gasteiger partial charge in [-0.05, 0) is 56.0 Å². The average Bonchev–Trinajstić information content (AvgIpc) is 2.66. The number of carbonyl (C=O) groups excluding carboxylic acids is 2. The Morgan fingerprint density at radius 1 is 1.04 bits per heavy atom. The van der Waals surface area contributed by atoms with Crippen molar-refractivity contribution in [2.24, 2.45) is 5.92 Å². The monoisotopic (exact) mass is 335 g/mol. The molecule has 1 fully saturated rings. The van der Waals surface area contributed by atoms with Gasteiger partial charge in [0, 0.05) is 22.3 Å². The van der Waals surface area contributed by atoms with Gasteiger partial charge in [-0.2, -0.15) is 0 Å². The van der Waals surface area contributed by atoms with Crippen LogP contribution in [-0.4, -0.2) is 31.8 Å². The van der Waals surface area contributed by atoms with Crippen LogP contribution in [0, 0.1) is 5.92 Å². The van der Waals surface area contributed by atoms with Crippen LogP contribution in [0.1, 0.15) is 50.2 Å². The largest absolute Gasteiger partial charge is 0.496 e. The highest BCUT2D eigenvalue weighted by atomic mass is 16.5. The minimum Gasteiger partial charge on any atom is -0.496 e. The summed E-state index contributed by atoms with van der Waals surface area (Å²) in [6.45, 7) is 2.05. The fraction of sp³-hybridized carbons (Fsp3) is 0.333. The fourth-order valence-electron chi connectivity index (χ4n) is 3.93. The van der Waals surface area contributed by atoms with Crippen molar-refractivity contribution < 1.29 is 14.3 Å². The van der Waals surface area contributed by atoms with Crippen molar-refractivity contribution in [3.63, 3.8) is 0 Å². The molecule has 1 aliphatic heterocycles. The normalized spacial score (nSPS) is 19.3. The Hall–Kier alpha value is -2.46. The Bertz CT molecular complexity index is 850. The number of ether oxygens (including phenoxy) is 1. The third-order valence-corrected chi connectivity index (χ3v) is 5.23. The van der Waals surface area contributed by atoms with Crippen LogP contribution >= 0.6 is 0 Å². The first kappa shape index (κ1) is 16.0. The molecule has 1 aliphatic carbocycles. The van der Waals surface area contributed by atoms with Crippen LogP contribution in [0.2, 0.25) is 0 Å². The van der Waals surface area contributed by atoms with E-state index >= 15 is 0 Å². The van der Waals surface area contributed by atoms with E-state index in [-0.39, 0.29) is 11.6 Å². The fourth-order valence-corrected chi connectivity index (χ4v) is 3.93. The summed E-state index contributed by atoms with van der Waals surface area (Å²) in [7, 11) is 1.62. The Kier molecular flexibility index (Phi) is 4.14. The van der Waals surface area contributed by atoms with Crippen molar-refractivity contribution in [2.75, 3.05) is 20.2 Å². The number of hydrogen-bond acceptors (Lipinski definition) is 4. The molecule has 2 aromatic carbocycles. The molecule has 0 spiro atoms. The van der Waals surface area contributed by atoms with Gasteiger partial charge in [0.05, 0.1) is 7.11 Å². The molecule has 1 atom stereocenters. The molecule has 0 bridgehead atoms. The van der Waals surface area contributed by atoms with Gasteiger partial charge in [0.2, 0.25) is 0 Å². The SMILES string of the molecule is COc1cc2c(cc1CC1CCCNC1)C(=O)c1ccccc1C2=O. The zero-order chi connectivity index (χ0) is 17.4. The Labute approximate surface area is 147 Å². The number of ketones is 2. The summed E-state index contributed by atoms with van der Waals surface area (Å²) in [5.41, 5.74) is 2.94. The predicted octanol–water partition coefficient (Wildman–Crippen LogP) is 3.01. The molecule has 25 heavy (non-hydrogen) atoms. The van der Waals surface area contributed by atoms with Crippen LogP contribution < -0.4 is 10.1 Å². The maximum Gasteiger partial charge on any atom is 0.194 e. The van der Waals surface area contributed by atoms with E-state index in [0.29, 0.717) is 33.9 Å². The highest BCUT2D eigenvalue weighted by molar-refractivity contribution is 6.28. The van der Waals surface area contributed by atoms with E-state index in [1.165, 1.54) is 12.8 Å². The highest BCUT2D eigenvalue weighted by Gasteiger charge is 2.31. The molecule has 1 heterocycles. The second kappa shape index (κ2) is 6.45. The van der Waals surface area contributed by atoms with Gasteiger partial charge in [0.15, 0.2) is 11.6 Å². The van der Waals surface area contributed by atoms with Crippen molar-refractivity contribution in [3.8, 4) is 5.75 Å². The van der Waals surface area contributed by atoms with E-state index in [4.69, 9.17) is 4.74 Å². The summed E-state index contributed by atoms with van der Waals surface area (Å²) in [6, 6.07) is 10.7. The number of hydrogen-bond donors (Lipinski definition) is 1. The van der Waals surface area contributed by atoms with Gasteiger partial charge < -0.3 is 10.1 Å². The first-order valence-electron chi connectivity index (χ1n) is 8.79. The van der Waals surface area contributed by atoms with Crippen molar-refractivity contribution in [3.05, 3.63) is 64.2 Å². The van der Waals surface area contributed by atoms with E-state index in [0.717, 1.165) is 25.1 Å². The van der Waals surface area contributed by atoms with Crippen LogP contribution in [-0.2, 0) is 6.42 Å². The molecule has 0 saturated carbocycles. The Morgan fingerprint density at radius 3 is 2.32 bits per heavy atom. The molecule has 4 rings (SSSR count). The quantitative estimate of drug-likeness (QED) is 0.799. The number of methoxy groups -OCH3 is 1. The number of piperidine rings is 1. The molecule has 2 aliphatic rings. The molecule has 2 aromatic rings. The molecule has 4 heteroatoms. The number of fused-ring (bicyclic) bond motifs is 2. The van der Waals surface area contributed by atoms with Crippen LogP contribution in [0.5, 0.6) is 5.75 Å². The van der Waals surface area contributed by atoms with Crippen LogP contribution in [0.4, 0.5) is 0 Å². The van der Waals surface area contributed by atoms with Gasteiger partial charge in [-0.15, -0.1) is 0 Å². The molecule has 128 valence electrons. The van der Waals surface area contributed by atoms with E-state index < -0.39 is 0 Å². The summed E-state index contributed by atoms with van der Waals surface area (Å²) in [6.07, 6.45) is 3.19. The smallest absolute Gasteiger partial charge is 0.194 e. The van der Waals surface area contributed by atoms with Crippen LogP contribution in [0.25, 0.3) is 0 Å². The number of carbonyl (C=O) groups is 2. The first-order chi connectivity index (χ1) is 12.2. The lowest BCUT2D eigenvalue weighted by Crippen LogP contribution is -2.31. The maximum absolute atomic E-state index is 12.9. The number of benzene rings is 2. The van der Waals surface area contributed by atoms with Crippen molar-refractivity contribution in [1.82, 2.24) is 5.32 Å². The molecule has 0 radical (unpaired) electrons.